The van der Waals surface area contributed by atoms with Crippen LogP contribution in [0.1, 0.15) is 32.6 Å². The van der Waals surface area contributed by atoms with Gasteiger partial charge in [0, 0.05) is 11.7 Å². The normalized spacial score (nSPS) is 23.9. The second kappa shape index (κ2) is 5.36. The van der Waals surface area contributed by atoms with Crippen molar-refractivity contribution >= 4 is 28.9 Å². The maximum atomic E-state index is 9.48. The van der Waals surface area contributed by atoms with Gasteiger partial charge in [-0.3, -0.25) is 0 Å². The Morgan fingerprint density at radius 2 is 1.94 bits per heavy atom. The minimum absolute atomic E-state index is 0.0447. The van der Waals surface area contributed by atoms with Crippen LogP contribution in [0.2, 0.25) is 10.0 Å². The zero-order valence-electron chi connectivity index (χ0n) is 9.84. The zero-order valence-corrected chi connectivity index (χ0v) is 11.4. The fourth-order valence-electron chi connectivity index (χ4n) is 2.46. The third kappa shape index (κ3) is 2.99. The van der Waals surface area contributed by atoms with Gasteiger partial charge in [-0.15, -0.1) is 0 Å². The van der Waals surface area contributed by atoms with E-state index in [1.165, 1.54) is 25.7 Å². The molecule has 0 amide bonds. The Bertz CT molecular complexity index is 385. The minimum atomic E-state index is -0.0447. The smallest absolute Gasteiger partial charge is 0.152 e. The molecule has 0 heterocycles. The Balaban J connectivity index is 2.04. The van der Waals surface area contributed by atoms with Gasteiger partial charge in [0.25, 0.3) is 0 Å². The molecule has 0 saturated heterocycles. The summed E-state index contributed by atoms with van der Waals surface area (Å²) in [4.78, 5) is 0. The van der Waals surface area contributed by atoms with Crippen molar-refractivity contribution in [1.82, 2.24) is 0 Å². The molecule has 0 aromatic heterocycles. The fraction of sp³-hybridized carbons (Fsp3) is 0.538. The van der Waals surface area contributed by atoms with Crippen molar-refractivity contribution in [1.29, 1.82) is 0 Å². The summed E-state index contributed by atoms with van der Waals surface area (Å²) in [5.74, 6) is 0.785. The van der Waals surface area contributed by atoms with Gasteiger partial charge >= 0.3 is 0 Å². The monoisotopic (exact) mass is 273 g/mol. The minimum Gasteiger partial charge on any atom is -0.505 e. The molecule has 0 aliphatic heterocycles. The highest BCUT2D eigenvalue weighted by molar-refractivity contribution is 6.37. The summed E-state index contributed by atoms with van der Waals surface area (Å²) in [5, 5.41) is 13.5. The quantitative estimate of drug-likeness (QED) is 0.784. The van der Waals surface area contributed by atoms with E-state index in [1.54, 1.807) is 12.1 Å². The van der Waals surface area contributed by atoms with Crippen LogP contribution in [0.4, 0.5) is 5.69 Å². The van der Waals surface area contributed by atoms with Gasteiger partial charge in [0.2, 0.25) is 0 Å². The summed E-state index contributed by atoms with van der Waals surface area (Å²) >= 11 is 11.8. The molecule has 2 N–H and O–H groups in total. The molecule has 1 saturated carbocycles. The topological polar surface area (TPSA) is 32.3 Å². The summed E-state index contributed by atoms with van der Waals surface area (Å²) in [6.07, 6.45) is 4.92. The second-order valence-electron chi connectivity index (χ2n) is 4.72. The van der Waals surface area contributed by atoms with Crippen LogP contribution < -0.4 is 5.32 Å². The van der Waals surface area contributed by atoms with Crippen LogP contribution in [0.3, 0.4) is 0 Å². The third-order valence-electron chi connectivity index (χ3n) is 3.51. The molecule has 1 aliphatic carbocycles. The van der Waals surface area contributed by atoms with E-state index in [2.05, 4.69) is 12.2 Å². The van der Waals surface area contributed by atoms with Crippen molar-refractivity contribution < 1.29 is 5.11 Å². The molecule has 17 heavy (non-hydrogen) atoms. The average Bonchev–Trinajstić information content (AvgIpc) is 2.73. The van der Waals surface area contributed by atoms with E-state index in [0.29, 0.717) is 16.1 Å². The number of anilines is 1. The van der Waals surface area contributed by atoms with Gasteiger partial charge in [0.05, 0.1) is 10.0 Å². The molecule has 2 rings (SSSR count). The van der Waals surface area contributed by atoms with E-state index in [4.69, 9.17) is 23.2 Å². The number of phenols is 1. The Morgan fingerprint density at radius 3 is 2.47 bits per heavy atom. The summed E-state index contributed by atoms with van der Waals surface area (Å²) in [7, 11) is 0. The Kier molecular flexibility index (Phi) is 4.05. The highest BCUT2D eigenvalue weighted by atomic mass is 35.5. The number of hydrogen-bond donors (Lipinski definition) is 2. The molecule has 2 unspecified atom stereocenters. The number of hydrogen-bond acceptors (Lipinski definition) is 2. The highest BCUT2D eigenvalue weighted by Gasteiger charge is 2.23. The maximum absolute atomic E-state index is 9.48. The predicted molar refractivity (Wildman–Crippen MR) is 73.2 cm³/mol. The van der Waals surface area contributed by atoms with Crippen LogP contribution >= 0.6 is 23.2 Å². The van der Waals surface area contributed by atoms with E-state index in [1.807, 2.05) is 0 Å². The number of aromatic hydroxyl groups is 1. The van der Waals surface area contributed by atoms with Crippen molar-refractivity contribution in [3.8, 4) is 5.75 Å². The molecule has 0 radical (unpaired) electrons. The molecule has 1 aliphatic rings. The molecular formula is C13H17Cl2NO. The van der Waals surface area contributed by atoms with Crippen LogP contribution in [0.5, 0.6) is 5.75 Å². The maximum Gasteiger partial charge on any atom is 0.152 e. The van der Waals surface area contributed by atoms with Gasteiger partial charge in [-0.25, -0.2) is 0 Å². The number of phenolic OH excluding ortho intramolecular Hbond substituents is 1. The van der Waals surface area contributed by atoms with E-state index in [0.717, 1.165) is 11.6 Å². The molecule has 94 valence electrons. The van der Waals surface area contributed by atoms with Crippen molar-refractivity contribution in [3.63, 3.8) is 0 Å². The van der Waals surface area contributed by atoms with Crippen LogP contribution in [0, 0.1) is 5.92 Å². The molecule has 1 fully saturated rings. The molecule has 0 spiro atoms. The summed E-state index contributed by atoms with van der Waals surface area (Å²) in [6.45, 7) is 2.24. The lowest BCUT2D eigenvalue weighted by atomic mass is 10.1. The van der Waals surface area contributed by atoms with Crippen molar-refractivity contribution in [2.24, 2.45) is 5.92 Å². The molecule has 2 nitrogen and oxygen atoms in total. The average molecular weight is 274 g/mol. The van der Waals surface area contributed by atoms with Gasteiger partial charge in [-0.1, -0.05) is 36.5 Å². The Hall–Kier alpha value is -0.600. The first-order valence-corrected chi connectivity index (χ1v) is 6.80. The van der Waals surface area contributed by atoms with Crippen molar-refractivity contribution in [3.05, 3.63) is 22.2 Å². The molecule has 2 atom stereocenters. The number of nitrogens with one attached hydrogen (secondary N) is 1. The summed E-state index contributed by atoms with van der Waals surface area (Å²) in [6, 6.07) is 3.95. The van der Waals surface area contributed by atoms with Crippen LogP contribution in [-0.4, -0.2) is 11.1 Å². The first-order valence-electron chi connectivity index (χ1n) is 6.04. The second-order valence-corrected chi connectivity index (χ2v) is 5.53. The Morgan fingerprint density at radius 1 is 1.29 bits per heavy atom. The van der Waals surface area contributed by atoms with Crippen LogP contribution in [0.15, 0.2) is 12.1 Å². The predicted octanol–water partition coefficient (Wildman–Crippen LogP) is 4.69. The fourth-order valence-corrected chi connectivity index (χ4v) is 2.95. The van der Waals surface area contributed by atoms with Crippen molar-refractivity contribution in [2.75, 3.05) is 5.32 Å². The molecule has 4 heteroatoms. The molecule has 1 aromatic rings. The van der Waals surface area contributed by atoms with E-state index >= 15 is 0 Å². The molecular weight excluding hydrogens is 257 g/mol. The lowest BCUT2D eigenvalue weighted by Gasteiger charge is -2.15. The standard InChI is InChI=1S/C13H17Cl2NO/c1-2-8-3-4-9(5-8)16-10-6-11(14)13(17)12(15)7-10/h6-9,16-17H,2-5H2,1H3. The highest BCUT2D eigenvalue weighted by Crippen LogP contribution is 2.36. The molecule has 0 bridgehead atoms. The number of rotatable bonds is 3. The van der Waals surface area contributed by atoms with Crippen LogP contribution in [-0.2, 0) is 0 Å². The van der Waals surface area contributed by atoms with Crippen LogP contribution in [0.25, 0.3) is 0 Å². The van der Waals surface area contributed by atoms with Gasteiger partial charge in [0.1, 0.15) is 0 Å². The van der Waals surface area contributed by atoms with Gasteiger partial charge in [-0.05, 0) is 37.3 Å². The summed E-state index contributed by atoms with van der Waals surface area (Å²) in [5.41, 5.74) is 0.888. The lowest BCUT2D eigenvalue weighted by Crippen LogP contribution is -2.15. The van der Waals surface area contributed by atoms with E-state index in [9.17, 15) is 5.11 Å². The molecule has 1 aromatic carbocycles. The lowest BCUT2D eigenvalue weighted by molar-refractivity contribution is 0.476. The van der Waals surface area contributed by atoms with E-state index in [-0.39, 0.29) is 5.75 Å². The third-order valence-corrected chi connectivity index (χ3v) is 4.08. The SMILES string of the molecule is CCC1CCC(Nc2cc(Cl)c(O)c(Cl)c2)C1. The van der Waals surface area contributed by atoms with Crippen molar-refractivity contribution in [2.45, 2.75) is 38.6 Å². The zero-order chi connectivity index (χ0) is 12.4. The van der Waals surface area contributed by atoms with E-state index < -0.39 is 0 Å². The Labute approximate surface area is 112 Å². The van der Waals surface area contributed by atoms with Gasteiger partial charge in [0.15, 0.2) is 5.75 Å². The first kappa shape index (κ1) is 12.8. The first-order chi connectivity index (χ1) is 8.10. The number of benzene rings is 1. The summed E-state index contributed by atoms with van der Waals surface area (Å²) < 4.78 is 0. The number of halogens is 2. The van der Waals surface area contributed by atoms with Gasteiger partial charge < -0.3 is 10.4 Å². The van der Waals surface area contributed by atoms with Gasteiger partial charge in [-0.2, -0.15) is 0 Å². The largest absolute Gasteiger partial charge is 0.505 e.